The molecule has 1 N–H and O–H groups in total. The summed E-state index contributed by atoms with van der Waals surface area (Å²) in [5.41, 5.74) is 0.837. The first-order valence-electron chi connectivity index (χ1n) is 9.20. The fourth-order valence-electron chi connectivity index (χ4n) is 2.86. The van der Waals surface area contributed by atoms with Crippen molar-refractivity contribution in [3.05, 3.63) is 71.0 Å². The highest BCUT2D eigenvalue weighted by atomic mass is 19.1. The van der Waals surface area contributed by atoms with Gasteiger partial charge < -0.3 is 19.5 Å². The van der Waals surface area contributed by atoms with Gasteiger partial charge in [0.05, 0.1) is 18.6 Å². The fraction of sp³-hybridized carbons (Fsp3) is 0.190. The average Bonchev–Trinajstić information content (AvgIpc) is 3.22. The number of fused-ring (bicyclic) bond motifs is 1. The molecule has 9 heteroatoms. The number of amides is 1. The summed E-state index contributed by atoms with van der Waals surface area (Å²) in [5.74, 6) is 1.05. The van der Waals surface area contributed by atoms with Gasteiger partial charge in [0.1, 0.15) is 24.7 Å². The fourth-order valence-corrected chi connectivity index (χ4v) is 2.86. The number of benzene rings is 2. The lowest BCUT2D eigenvalue weighted by molar-refractivity contribution is -0.121. The van der Waals surface area contributed by atoms with Crippen molar-refractivity contribution in [2.24, 2.45) is 0 Å². The lowest BCUT2D eigenvalue weighted by atomic mass is 10.1. The molecule has 0 unspecified atom stereocenters. The van der Waals surface area contributed by atoms with Gasteiger partial charge in [0, 0.05) is 11.6 Å². The molecule has 30 heavy (non-hydrogen) atoms. The summed E-state index contributed by atoms with van der Waals surface area (Å²) in [7, 11) is 0. The summed E-state index contributed by atoms with van der Waals surface area (Å²) in [6, 6.07) is 12.2. The van der Waals surface area contributed by atoms with Crippen LogP contribution in [0.3, 0.4) is 0 Å². The number of carbonyl (C=O) groups is 1. The van der Waals surface area contributed by atoms with Gasteiger partial charge in [0.2, 0.25) is 12.7 Å². The maximum Gasteiger partial charge on any atom is 0.254 e. The van der Waals surface area contributed by atoms with Crippen LogP contribution in [0.2, 0.25) is 0 Å². The van der Waals surface area contributed by atoms with E-state index in [2.05, 4.69) is 10.3 Å². The second-order valence-corrected chi connectivity index (χ2v) is 6.46. The van der Waals surface area contributed by atoms with Crippen molar-refractivity contribution in [2.75, 3.05) is 19.9 Å². The molecule has 0 spiro atoms. The van der Waals surface area contributed by atoms with Crippen LogP contribution in [0.4, 0.5) is 4.39 Å². The monoisotopic (exact) mass is 411 g/mol. The average molecular weight is 411 g/mol. The lowest BCUT2D eigenvalue weighted by Crippen LogP contribution is -2.34. The molecule has 0 radical (unpaired) electrons. The normalized spacial score (nSPS) is 11.9. The van der Waals surface area contributed by atoms with Gasteiger partial charge in [-0.25, -0.2) is 9.37 Å². The summed E-state index contributed by atoms with van der Waals surface area (Å²) in [4.78, 5) is 28.7. The van der Waals surface area contributed by atoms with Crippen molar-refractivity contribution in [2.45, 2.75) is 6.54 Å². The van der Waals surface area contributed by atoms with Crippen LogP contribution in [0.1, 0.15) is 0 Å². The van der Waals surface area contributed by atoms with E-state index in [9.17, 15) is 14.0 Å². The Labute approximate surface area is 170 Å². The number of nitrogens with zero attached hydrogens (tertiary/aromatic N) is 2. The van der Waals surface area contributed by atoms with Crippen LogP contribution in [-0.4, -0.2) is 35.4 Å². The second kappa shape index (κ2) is 8.64. The summed E-state index contributed by atoms with van der Waals surface area (Å²) < 4.78 is 30.1. The Morgan fingerprint density at radius 2 is 1.93 bits per heavy atom. The molecule has 0 bridgehead atoms. The first-order valence-corrected chi connectivity index (χ1v) is 9.20. The quantitative estimate of drug-likeness (QED) is 0.598. The Morgan fingerprint density at radius 3 is 2.73 bits per heavy atom. The third-order valence-corrected chi connectivity index (χ3v) is 4.37. The maximum atomic E-state index is 12.8. The minimum Gasteiger partial charge on any atom is -0.492 e. The molecular weight excluding hydrogens is 393 g/mol. The van der Waals surface area contributed by atoms with Crippen molar-refractivity contribution in [1.82, 2.24) is 14.9 Å². The van der Waals surface area contributed by atoms with E-state index in [0.717, 1.165) is 0 Å². The number of hydrogen-bond donors (Lipinski definition) is 1. The van der Waals surface area contributed by atoms with Crippen molar-refractivity contribution < 1.29 is 23.4 Å². The van der Waals surface area contributed by atoms with E-state index in [1.807, 2.05) is 0 Å². The topological polar surface area (TPSA) is 91.7 Å². The molecule has 1 aliphatic heterocycles. The van der Waals surface area contributed by atoms with Gasteiger partial charge in [-0.15, -0.1) is 0 Å². The van der Waals surface area contributed by atoms with Gasteiger partial charge >= 0.3 is 0 Å². The number of ether oxygens (including phenoxy) is 3. The van der Waals surface area contributed by atoms with Gasteiger partial charge in [-0.2, -0.15) is 0 Å². The van der Waals surface area contributed by atoms with Crippen LogP contribution in [0.25, 0.3) is 11.3 Å². The Balaban J connectivity index is 1.30. The first kappa shape index (κ1) is 19.4. The zero-order chi connectivity index (χ0) is 20.9. The number of aromatic nitrogens is 2. The highest BCUT2D eigenvalue weighted by molar-refractivity contribution is 5.75. The lowest BCUT2D eigenvalue weighted by Gasteiger charge is -2.09. The van der Waals surface area contributed by atoms with E-state index < -0.39 is 0 Å². The Bertz CT molecular complexity index is 1110. The molecule has 0 saturated carbocycles. The van der Waals surface area contributed by atoms with Crippen LogP contribution in [-0.2, 0) is 11.3 Å². The Hall–Kier alpha value is -3.88. The van der Waals surface area contributed by atoms with Crippen molar-refractivity contribution in [3.8, 4) is 28.5 Å². The SMILES string of the molecule is O=C(Cn1cnc(-c2ccc3c(c2)OCO3)cc1=O)NCCOc1ccc(F)cc1. The Morgan fingerprint density at radius 1 is 1.13 bits per heavy atom. The molecule has 1 aliphatic rings. The van der Waals surface area contributed by atoms with Crippen LogP contribution in [0.5, 0.6) is 17.2 Å². The summed E-state index contributed by atoms with van der Waals surface area (Å²) in [6.07, 6.45) is 1.33. The molecule has 1 aromatic heterocycles. The van der Waals surface area contributed by atoms with Crippen molar-refractivity contribution >= 4 is 5.91 Å². The number of nitrogens with one attached hydrogen (secondary N) is 1. The molecule has 8 nitrogen and oxygen atoms in total. The first-order chi connectivity index (χ1) is 14.6. The third-order valence-electron chi connectivity index (χ3n) is 4.37. The molecule has 1 amide bonds. The van der Waals surface area contributed by atoms with E-state index in [1.165, 1.54) is 41.2 Å². The minimum atomic E-state index is -0.352. The van der Waals surface area contributed by atoms with Gasteiger partial charge in [-0.1, -0.05) is 0 Å². The number of hydrogen-bond acceptors (Lipinski definition) is 6. The summed E-state index contributed by atoms with van der Waals surface area (Å²) in [5, 5.41) is 2.66. The zero-order valence-electron chi connectivity index (χ0n) is 15.8. The van der Waals surface area contributed by atoms with Crippen LogP contribution in [0.15, 0.2) is 59.7 Å². The summed E-state index contributed by atoms with van der Waals surface area (Å²) in [6.45, 7) is 0.461. The van der Waals surface area contributed by atoms with E-state index >= 15 is 0 Å². The molecule has 0 aliphatic carbocycles. The minimum absolute atomic E-state index is 0.163. The molecule has 2 aromatic carbocycles. The second-order valence-electron chi connectivity index (χ2n) is 6.46. The molecule has 3 aromatic rings. The van der Waals surface area contributed by atoms with E-state index in [4.69, 9.17) is 14.2 Å². The van der Waals surface area contributed by atoms with E-state index in [0.29, 0.717) is 28.5 Å². The Kier molecular flexibility index (Phi) is 5.60. The molecule has 0 saturated heterocycles. The van der Waals surface area contributed by atoms with Gasteiger partial charge in [0.25, 0.3) is 5.56 Å². The molecule has 4 rings (SSSR count). The number of rotatable bonds is 7. The summed E-state index contributed by atoms with van der Waals surface area (Å²) >= 11 is 0. The van der Waals surface area contributed by atoms with Crippen LogP contribution in [0, 0.1) is 5.82 Å². The predicted octanol–water partition coefficient (Wildman–Crippen LogP) is 1.97. The van der Waals surface area contributed by atoms with E-state index in [-0.39, 0.29) is 43.8 Å². The smallest absolute Gasteiger partial charge is 0.254 e. The zero-order valence-corrected chi connectivity index (χ0v) is 15.8. The molecular formula is C21H18FN3O5. The number of halogens is 1. The van der Waals surface area contributed by atoms with Crippen molar-refractivity contribution in [3.63, 3.8) is 0 Å². The van der Waals surface area contributed by atoms with Crippen molar-refractivity contribution in [1.29, 1.82) is 0 Å². The molecule has 0 fully saturated rings. The predicted molar refractivity (Wildman–Crippen MR) is 105 cm³/mol. The largest absolute Gasteiger partial charge is 0.492 e. The highest BCUT2D eigenvalue weighted by Gasteiger charge is 2.15. The number of carbonyl (C=O) groups excluding carboxylic acids is 1. The van der Waals surface area contributed by atoms with Crippen LogP contribution >= 0.6 is 0 Å². The van der Waals surface area contributed by atoms with Gasteiger partial charge in [-0.3, -0.25) is 14.2 Å². The third kappa shape index (κ3) is 4.57. The van der Waals surface area contributed by atoms with Gasteiger partial charge in [0.15, 0.2) is 11.5 Å². The van der Waals surface area contributed by atoms with Crippen LogP contribution < -0.4 is 25.1 Å². The standard InChI is InChI=1S/C21H18FN3O5/c22-15-2-4-16(5-3-15)28-8-7-23-20(26)11-25-12-24-17(10-21(25)27)14-1-6-18-19(9-14)30-13-29-18/h1-6,9-10,12H,7-8,11,13H2,(H,23,26). The van der Waals surface area contributed by atoms with E-state index in [1.54, 1.807) is 18.2 Å². The van der Waals surface area contributed by atoms with Gasteiger partial charge in [-0.05, 0) is 42.5 Å². The molecule has 2 heterocycles. The highest BCUT2D eigenvalue weighted by Crippen LogP contribution is 2.35. The molecule has 154 valence electrons. The maximum absolute atomic E-state index is 12.8. The molecule has 0 atom stereocenters.